The number of urea groups is 1. The van der Waals surface area contributed by atoms with Crippen molar-refractivity contribution in [2.24, 2.45) is 5.73 Å². The number of esters is 1. The minimum Gasteiger partial charge on any atom is -0.463 e. The van der Waals surface area contributed by atoms with Gasteiger partial charge in [0, 0.05) is 19.7 Å². The van der Waals surface area contributed by atoms with Gasteiger partial charge in [0.15, 0.2) is 6.23 Å². The first-order chi connectivity index (χ1) is 12.6. The van der Waals surface area contributed by atoms with Gasteiger partial charge >= 0.3 is 12.0 Å². The van der Waals surface area contributed by atoms with Crippen molar-refractivity contribution < 1.29 is 34.1 Å². The third-order valence-corrected chi connectivity index (χ3v) is 5.30. The van der Waals surface area contributed by atoms with Crippen LogP contribution in [-0.4, -0.2) is 76.4 Å². The van der Waals surface area contributed by atoms with Gasteiger partial charge in [-0.1, -0.05) is 0 Å². The maximum absolute atomic E-state index is 12.4. The van der Waals surface area contributed by atoms with Crippen molar-refractivity contribution in [2.45, 2.75) is 50.5 Å². The minimum atomic E-state index is -1.88. The van der Waals surface area contributed by atoms with E-state index in [0.29, 0.717) is 13.0 Å². The molecule has 1 fully saturated rings. The monoisotopic (exact) mass is 498 g/mol. The quantitative estimate of drug-likeness (QED) is 0.168. The van der Waals surface area contributed by atoms with E-state index in [2.05, 4.69) is 10.6 Å². The fourth-order valence-electron chi connectivity index (χ4n) is 2.59. The Kier molecular flexibility index (Phi) is 7.02. The molecular weight excluding hydrogens is 475 g/mol. The lowest BCUT2D eigenvalue weighted by atomic mass is 10.1. The molecule has 2 rings (SSSR count). The number of hydrogen-bond donors (Lipinski definition) is 5. The largest absolute Gasteiger partial charge is 0.463 e. The summed E-state index contributed by atoms with van der Waals surface area (Å²) in [5, 5.41) is 24.8. The van der Waals surface area contributed by atoms with Crippen LogP contribution in [-0.2, 0) is 19.1 Å². The van der Waals surface area contributed by atoms with E-state index in [1.807, 2.05) is 0 Å². The fourth-order valence-corrected chi connectivity index (χ4v) is 3.24. The number of amides is 3. The summed E-state index contributed by atoms with van der Waals surface area (Å²) in [5.41, 5.74) is 4.14. The van der Waals surface area contributed by atoms with Crippen LogP contribution in [0.4, 0.5) is 4.79 Å². The van der Waals surface area contributed by atoms with Gasteiger partial charge in [-0.2, -0.15) is 0 Å². The fraction of sp³-hybridized carbons (Fsp3) is 0.667. The predicted molar refractivity (Wildman–Crippen MR) is 100 cm³/mol. The zero-order chi connectivity index (χ0) is 20.4. The highest BCUT2D eigenvalue weighted by atomic mass is 127. The number of nitrogens with one attached hydrogen (secondary N) is 2. The summed E-state index contributed by atoms with van der Waals surface area (Å²) in [4.78, 5) is 36.6. The maximum Gasteiger partial charge on any atom is 0.352 e. The molecule has 6 N–H and O–H groups in total. The van der Waals surface area contributed by atoms with Gasteiger partial charge in [-0.15, -0.1) is 0 Å². The van der Waals surface area contributed by atoms with E-state index in [9.17, 15) is 24.6 Å². The van der Waals surface area contributed by atoms with Crippen molar-refractivity contribution >= 4 is 40.5 Å². The molecule has 0 aromatic heterocycles. The Hall–Kier alpha value is -1.48. The van der Waals surface area contributed by atoms with Crippen LogP contribution in [0, 0.1) is 0 Å². The molecule has 12 heteroatoms. The Labute approximate surface area is 169 Å². The van der Waals surface area contributed by atoms with E-state index in [1.165, 1.54) is 13.1 Å². The topological polar surface area (TPSA) is 163 Å². The van der Waals surface area contributed by atoms with Gasteiger partial charge in [-0.3, -0.25) is 15.4 Å². The van der Waals surface area contributed by atoms with Crippen LogP contribution in [0.25, 0.3) is 0 Å². The Morgan fingerprint density at radius 1 is 1.48 bits per heavy atom. The second kappa shape index (κ2) is 8.68. The van der Waals surface area contributed by atoms with Gasteiger partial charge in [0.1, 0.15) is 12.2 Å². The van der Waals surface area contributed by atoms with E-state index in [-0.39, 0.29) is 16.1 Å². The maximum atomic E-state index is 12.4. The highest BCUT2D eigenvalue weighted by Crippen LogP contribution is 2.31. The van der Waals surface area contributed by atoms with Crippen LogP contribution in [0.1, 0.15) is 20.3 Å². The molecule has 2 aliphatic heterocycles. The van der Waals surface area contributed by atoms with Gasteiger partial charge < -0.3 is 30.3 Å². The molecule has 0 radical (unpaired) electrons. The van der Waals surface area contributed by atoms with Crippen molar-refractivity contribution in [1.29, 1.82) is 0 Å². The normalized spacial score (nSPS) is 33.3. The molecule has 0 aliphatic carbocycles. The summed E-state index contributed by atoms with van der Waals surface area (Å²) >= 11 is 1.78. The van der Waals surface area contributed by atoms with Crippen molar-refractivity contribution in [2.75, 3.05) is 13.2 Å². The average Bonchev–Trinajstić information content (AvgIpc) is 2.84. The molecule has 0 saturated carbocycles. The summed E-state index contributed by atoms with van der Waals surface area (Å²) < 4.78 is 10.7. The number of nitrogens with two attached hydrogens (primary N) is 1. The summed E-state index contributed by atoms with van der Waals surface area (Å²) in [6.45, 7) is 3.29. The number of carbonyl (C=O) groups excluding carboxylic acids is 3. The molecule has 1 saturated heterocycles. The first kappa shape index (κ1) is 21.8. The average molecular weight is 498 g/mol. The molecule has 27 heavy (non-hydrogen) atoms. The molecule has 0 aromatic carbocycles. The number of hydrogen-bond acceptors (Lipinski definition) is 8. The summed E-state index contributed by atoms with van der Waals surface area (Å²) in [7, 11) is 0. The highest BCUT2D eigenvalue weighted by molar-refractivity contribution is 14.1. The van der Waals surface area contributed by atoms with Crippen LogP contribution in [0.5, 0.6) is 0 Å². The van der Waals surface area contributed by atoms with Crippen LogP contribution < -0.4 is 16.4 Å². The standard InChI is InChI=1S/C15H23IN4O7/c1-7-10(22)11(23)12(27-7)20-6-9(16)15(17,19-14(20)25)13(24)26-5-3-4-18-8(2)21/h6-7,10-12,22-23H,3-5,17H2,1-2H3,(H,18,21)(H,19,25)/t7-,10-,11-,12-,15?/m1/s1. The van der Waals surface area contributed by atoms with Gasteiger partial charge in [0.25, 0.3) is 0 Å². The molecule has 2 aliphatic rings. The van der Waals surface area contributed by atoms with E-state index < -0.39 is 42.2 Å². The number of nitrogens with zero attached hydrogens (tertiary/aromatic N) is 1. The van der Waals surface area contributed by atoms with Gasteiger partial charge in [0.2, 0.25) is 11.6 Å². The Balaban J connectivity index is 2.02. The lowest BCUT2D eigenvalue weighted by molar-refractivity contribution is -0.149. The number of ether oxygens (including phenoxy) is 2. The van der Waals surface area contributed by atoms with Crippen molar-refractivity contribution in [1.82, 2.24) is 15.5 Å². The molecular formula is C15H23IN4O7. The smallest absolute Gasteiger partial charge is 0.352 e. The van der Waals surface area contributed by atoms with Crippen molar-refractivity contribution in [3.05, 3.63) is 9.78 Å². The lowest BCUT2D eigenvalue weighted by Crippen LogP contribution is -2.68. The Morgan fingerprint density at radius 2 is 2.15 bits per heavy atom. The molecule has 0 aromatic rings. The summed E-state index contributed by atoms with van der Waals surface area (Å²) in [6, 6.07) is -0.779. The summed E-state index contributed by atoms with van der Waals surface area (Å²) in [6.07, 6.45) is -2.57. The lowest BCUT2D eigenvalue weighted by Gasteiger charge is -2.38. The van der Waals surface area contributed by atoms with Crippen molar-refractivity contribution in [3.63, 3.8) is 0 Å². The number of carbonyl (C=O) groups is 3. The van der Waals surface area contributed by atoms with Crippen LogP contribution in [0.2, 0.25) is 0 Å². The van der Waals surface area contributed by atoms with Crippen LogP contribution in [0.3, 0.4) is 0 Å². The van der Waals surface area contributed by atoms with E-state index in [0.717, 1.165) is 4.90 Å². The molecule has 2 heterocycles. The second-order valence-electron chi connectivity index (χ2n) is 6.31. The SMILES string of the molecule is CC(=O)NCCCOC(=O)C1(N)NC(=O)N([C@@H]2O[C@H](C)[C@@H](O)[C@H]2O)C=C1I. The number of rotatable bonds is 6. The third kappa shape index (κ3) is 4.68. The summed E-state index contributed by atoms with van der Waals surface area (Å²) in [5.74, 6) is -1.05. The van der Waals surface area contributed by atoms with E-state index in [1.54, 1.807) is 29.5 Å². The van der Waals surface area contributed by atoms with Crippen molar-refractivity contribution in [3.8, 4) is 0 Å². The molecule has 0 bridgehead atoms. The van der Waals surface area contributed by atoms with E-state index >= 15 is 0 Å². The first-order valence-electron chi connectivity index (χ1n) is 8.28. The molecule has 11 nitrogen and oxygen atoms in total. The minimum absolute atomic E-state index is 0.00965. The highest BCUT2D eigenvalue weighted by Gasteiger charge is 2.50. The second-order valence-corrected chi connectivity index (χ2v) is 7.47. The molecule has 5 atom stereocenters. The number of halogens is 1. The molecule has 3 amide bonds. The Bertz CT molecular complexity index is 646. The molecule has 1 unspecified atom stereocenters. The third-order valence-electron chi connectivity index (χ3n) is 4.17. The van der Waals surface area contributed by atoms with E-state index in [4.69, 9.17) is 15.2 Å². The predicted octanol–water partition coefficient (Wildman–Crippen LogP) is -1.52. The zero-order valence-electron chi connectivity index (χ0n) is 14.8. The molecule has 152 valence electrons. The van der Waals surface area contributed by atoms with Gasteiger partial charge in [-0.05, 0) is 35.9 Å². The van der Waals surface area contributed by atoms with Crippen LogP contribution in [0.15, 0.2) is 9.78 Å². The number of aliphatic hydroxyl groups excluding tert-OH is 2. The van der Waals surface area contributed by atoms with Gasteiger partial charge in [0.05, 0.1) is 16.3 Å². The molecule has 0 spiro atoms. The van der Waals surface area contributed by atoms with Gasteiger partial charge in [-0.25, -0.2) is 9.59 Å². The number of aliphatic hydroxyl groups is 2. The zero-order valence-corrected chi connectivity index (χ0v) is 17.0. The Morgan fingerprint density at radius 3 is 2.70 bits per heavy atom. The first-order valence-corrected chi connectivity index (χ1v) is 9.36. The van der Waals surface area contributed by atoms with Crippen LogP contribution >= 0.6 is 22.6 Å².